The van der Waals surface area contributed by atoms with Crippen molar-refractivity contribution in [1.29, 1.82) is 0 Å². The summed E-state index contributed by atoms with van der Waals surface area (Å²) in [6.07, 6.45) is 2.37. The number of carbonyl (C=O) groups is 2. The molecule has 0 aromatic heterocycles. The highest BCUT2D eigenvalue weighted by Gasteiger charge is 2.53. The number of nitrogens with one attached hydrogen (secondary N) is 1. The Hall–Kier alpha value is -2.08. The Morgan fingerprint density at radius 3 is 2.47 bits per heavy atom. The molecular weight excluding hydrogens is 378 g/mol. The molecule has 1 saturated carbocycles. The summed E-state index contributed by atoms with van der Waals surface area (Å²) >= 11 is 0. The predicted molar refractivity (Wildman–Crippen MR) is 118 cm³/mol. The van der Waals surface area contributed by atoms with Gasteiger partial charge in [0.05, 0.1) is 0 Å². The van der Waals surface area contributed by atoms with Gasteiger partial charge in [-0.2, -0.15) is 0 Å². The van der Waals surface area contributed by atoms with Crippen molar-refractivity contribution in [3.63, 3.8) is 0 Å². The number of hydrogen-bond acceptors (Lipinski definition) is 4. The highest BCUT2D eigenvalue weighted by molar-refractivity contribution is 5.88. The number of amides is 2. The Labute approximate surface area is 180 Å². The average Bonchev–Trinajstić information content (AvgIpc) is 3.22. The molecule has 1 heterocycles. The smallest absolute Gasteiger partial charge is 0.405 e. The molecule has 2 aliphatic rings. The maximum absolute atomic E-state index is 13.5. The van der Waals surface area contributed by atoms with E-state index < -0.39 is 17.1 Å². The monoisotopic (exact) mass is 415 g/mol. The first-order chi connectivity index (χ1) is 14.2. The minimum Gasteiger partial charge on any atom is -0.432 e. The molecule has 1 aliphatic carbocycles. The number of rotatable bonds is 7. The van der Waals surface area contributed by atoms with Gasteiger partial charge in [0.2, 0.25) is 0 Å². The van der Waals surface area contributed by atoms with Crippen molar-refractivity contribution in [1.82, 2.24) is 10.2 Å². The third-order valence-electron chi connectivity index (χ3n) is 6.95. The quantitative estimate of drug-likeness (QED) is 0.711. The lowest BCUT2D eigenvalue weighted by atomic mass is 9.72. The second-order valence-electron chi connectivity index (χ2n) is 10.0. The Bertz CT molecular complexity index is 746. The van der Waals surface area contributed by atoms with Crippen LogP contribution in [0.25, 0.3) is 0 Å². The summed E-state index contributed by atoms with van der Waals surface area (Å²) in [6, 6.07) is 10.6. The zero-order chi connectivity index (χ0) is 21.9. The van der Waals surface area contributed by atoms with Crippen molar-refractivity contribution in [3.05, 3.63) is 35.9 Å². The average molecular weight is 416 g/mol. The fraction of sp³-hybridized carbons (Fsp3) is 0.667. The number of fused-ring (bicyclic) bond motifs is 1. The predicted octanol–water partition coefficient (Wildman–Crippen LogP) is 3.69. The number of hydrogen-bond donors (Lipinski definition) is 2. The number of ether oxygens (including phenoxy) is 1. The van der Waals surface area contributed by atoms with E-state index >= 15 is 0 Å². The Morgan fingerprint density at radius 1 is 1.17 bits per heavy atom. The fourth-order valence-corrected chi connectivity index (χ4v) is 5.40. The number of nitrogens with two attached hydrogens (primary N) is 1. The topological polar surface area (TPSA) is 84.7 Å². The molecule has 0 bridgehead atoms. The van der Waals surface area contributed by atoms with Gasteiger partial charge in [-0.15, -0.1) is 0 Å². The van der Waals surface area contributed by atoms with Crippen LogP contribution in [0.4, 0.5) is 4.79 Å². The molecule has 30 heavy (non-hydrogen) atoms. The normalized spacial score (nSPS) is 26.1. The molecule has 2 amide bonds. The standard InChI is InChI=1S/C24H37N3O3/c1-5-13-24(23(2,3)4,30-22(25)29)21(28)26-20-12-11-18-15-27(16-19(18)20)14-17-9-7-6-8-10-17/h6-10,18-20H,5,11-16H2,1-4H3,(H2,25,29)(H,26,28)/t18-,19+,20+,24+/m0/s1. The zero-order valence-corrected chi connectivity index (χ0v) is 18.8. The largest absolute Gasteiger partial charge is 0.432 e. The Balaban J connectivity index is 1.70. The van der Waals surface area contributed by atoms with Crippen LogP contribution in [0.5, 0.6) is 0 Å². The summed E-state index contributed by atoms with van der Waals surface area (Å²) < 4.78 is 5.54. The maximum atomic E-state index is 13.5. The summed E-state index contributed by atoms with van der Waals surface area (Å²) in [5.41, 5.74) is 4.89. The zero-order valence-electron chi connectivity index (χ0n) is 18.8. The molecule has 0 radical (unpaired) electrons. The molecule has 6 nitrogen and oxygen atoms in total. The molecule has 2 fully saturated rings. The first-order valence-corrected chi connectivity index (χ1v) is 11.2. The first-order valence-electron chi connectivity index (χ1n) is 11.2. The number of benzene rings is 1. The van der Waals surface area contributed by atoms with Gasteiger partial charge in [0.1, 0.15) is 0 Å². The van der Waals surface area contributed by atoms with E-state index in [2.05, 4.69) is 34.5 Å². The van der Waals surface area contributed by atoms with E-state index in [1.807, 2.05) is 33.8 Å². The van der Waals surface area contributed by atoms with Gasteiger partial charge >= 0.3 is 6.09 Å². The molecule has 1 aromatic rings. The van der Waals surface area contributed by atoms with Crippen LogP contribution in [0.2, 0.25) is 0 Å². The van der Waals surface area contributed by atoms with E-state index in [0.29, 0.717) is 18.3 Å². The highest BCUT2D eigenvalue weighted by atomic mass is 16.6. The molecule has 1 aromatic carbocycles. The van der Waals surface area contributed by atoms with E-state index in [0.717, 1.165) is 38.9 Å². The first kappa shape index (κ1) is 22.6. The van der Waals surface area contributed by atoms with E-state index in [1.54, 1.807) is 0 Å². The van der Waals surface area contributed by atoms with E-state index in [-0.39, 0.29) is 11.9 Å². The second-order valence-corrected chi connectivity index (χ2v) is 10.0. The van der Waals surface area contributed by atoms with Crippen LogP contribution in [0, 0.1) is 17.3 Å². The van der Waals surface area contributed by atoms with Gasteiger partial charge in [-0.1, -0.05) is 64.4 Å². The van der Waals surface area contributed by atoms with Crippen molar-refractivity contribution in [2.24, 2.45) is 23.0 Å². The minimum absolute atomic E-state index is 0.110. The molecule has 0 spiro atoms. The highest BCUT2D eigenvalue weighted by Crippen LogP contribution is 2.41. The lowest BCUT2D eigenvalue weighted by molar-refractivity contribution is -0.154. The van der Waals surface area contributed by atoms with Crippen LogP contribution < -0.4 is 11.1 Å². The molecule has 6 heteroatoms. The summed E-state index contributed by atoms with van der Waals surface area (Å²) in [4.78, 5) is 27.7. The number of nitrogens with zero attached hydrogens (tertiary/aromatic N) is 1. The van der Waals surface area contributed by atoms with Crippen molar-refractivity contribution < 1.29 is 14.3 Å². The maximum Gasteiger partial charge on any atom is 0.405 e. The molecule has 3 rings (SSSR count). The molecule has 1 saturated heterocycles. The van der Waals surface area contributed by atoms with Gasteiger partial charge in [-0.05, 0) is 36.7 Å². The third kappa shape index (κ3) is 4.64. The molecular formula is C24H37N3O3. The summed E-state index contributed by atoms with van der Waals surface area (Å²) in [5.74, 6) is 0.833. The lowest BCUT2D eigenvalue weighted by Crippen LogP contribution is -2.60. The van der Waals surface area contributed by atoms with Crippen LogP contribution in [-0.4, -0.2) is 41.6 Å². The van der Waals surface area contributed by atoms with E-state index in [1.165, 1.54) is 5.56 Å². The number of carbonyl (C=O) groups excluding carboxylic acids is 2. The number of likely N-dealkylation sites (tertiary alicyclic amines) is 1. The number of primary amides is 1. The van der Waals surface area contributed by atoms with Crippen molar-refractivity contribution in [3.8, 4) is 0 Å². The molecule has 166 valence electrons. The van der Waals surface area contributed by atoms with Gasteiger partial charge in [-0.3, -0.25) is 9.69 Å². The second kappa shape index (κ2) is 8.96. The van der Waals surface area contributed by atoms with Crippen molar-refractivity contribution in [2.75, 3.05) is 13.1 Å². The van der Waals surface area contributed by atoms with Crippen LogP contribution >= 0.6 is 0 Å². The summed E-state index contributed by atoms with van der Waals surface area (Å²) in [6.45, 7) is 10.8. The van der Waals surface area contributed by atoms with Crippen LogP contribution in [0.15, 0.2) is 30.3 Å². The fourth-order valence-electron chi connectivity index (χ4n) is 5.40. The van der Waals surface area contributed by atoms with Crippen LogP contribution in [-0.2, 0) is 16.1 Å². The Kier molecular flexibility index (Phi) is 6.75. The molecule has 4 atom stereocenters. The van der Waals surface area contributed by atoms with Gasteiger partial charge < -0.3 is 15.8 Å². The van der Waals surface area contributed by atoms with Gasteiger partial charge in [0.25, 0.3) is 5.91 Å². The van der Waals surface area contributed by atoms with Crippen LogP contribution in [0.3, 0.4) is 0 Å². The summed E-state index contributed by atoms with van der Waals surface area (Å²) in [5, 5.41) is 3.27. The Morgan fingerprint density at radius 2 is 1.87 bits per heavy atom. The minimum atomic E-state index is -1.26. The molecule has 0 unspecified atom stereocenters. The molecule has 3 N–H and O–H groups in total. The van der Waals surface area contributed by atoms with Crippen molar-refractivity contribution >= 4 is 12.0 Å². The van der Waals surface area contributed by atoms with E-state index in [9.17, 15) is 9.59 Å². The van der Waals surface area contributed by atoms with E-state index in [4.69, 9.17) is 10.5 Å². The lowest BCUT2D eigenvalue weighted by Gasteiger charge is -2.42. The third-order valence-corrected chi connectivity index (χ3v) is 6.95. The van der Waals surface area contributed by atoms with Crippen molar-refractivity contribution in [2.45, 2.75) is 71.6 Å². The van der Waals surface area contributed by atoms with Crippen LogP contribution in [0.1, 0.15) is 58.9 Å². The van der Waals surface area contributed by atoms with Gasteiger partial charge in [-0.25, -0.2) is 4.79 Å². The van der Waals surface area contributed by atoms with Gasteiger partial charge in [0, 0.05) is 31.1 Å². The SMILES string of the molecule is CCC[C@@](OC(N)=O)(C(=O)N[C@@H]1CC[C@H]2CN(Cc3ccccc3)C[C@H]21)C(C)(C)C. The summed E-state index contributed by atoms with van der Waals surface area (Å²) in [7, 11) is 0. The molecule has 1 aliphatic heterocycles. The van der Waals surface area contributed by atoms with Gasteiger partial charge in [0.15, 0.2) is 5.60 Å².